The Morgan fingerprint density at radius 3 is 1.85 bits per heavy atom. The van der Waals surface area contributed by atoms with Gasteiger partial charge in [0.25, 0.3) is 0 Å². The highest BCUT2D eigenvalue weighted by Crippen LogP contribution is 2.24. The van der Waals surface area contributed by atoms with Crippen LogP contribution in [0.4, 0.5) is 5.69 Å². The van der Waals surface area contributed by atoms with Crippen molar-refractivity contribution < 1.29 is 4.79 Å². The molecule has 0 atom stereocenters. The molecule has 2 aromatic rings. The molecule has 0 aromatic heterocycles. The van der Waals surface area contributed by atoms with Crippen molar-refractivity contribution in [3.8, 4) is 0 Å². The van der Waals surface area contributed by atoms with Gasteiger partial charge in [-0.2, -0.15) is 0 Å². The second-order valence-electron chi connectivity index (χ2n) is 5.29. The maximum Gasteiger partial charge on any atom is 0.193 e. The van der Waals surface area contributed by atoms with Crippen molar-refractivity contribution in [3.63, 3.8) is 0 Å². The Hall–Kier alpha value is -2.09. The second kappa shape index (κ2) is 5.49. The van der Waals surface area contributed by atoms with Gasteiger partial charge in [-0.25, -0.2) is 0 Å². The zero-order valence-corrected chi connectivity index (χ0v) is 12.8. The van der Waals surface area contributed by atoms with Crippen LogP contribution in [0.1, 0.15) is 38.2 Å². The summed E-state index contributed by atoms with van der Waals surface area (Å²) < 4.78 is 0. The lowest BCUT2D eigenvalue weighted by Crippen LogP contribution is -2.09. The Kier molecular flexibility index (Phi) is 3.93. The number of carbonyl (C=O) groups excluding carboxylic acids is 1. The molecule has 0 bridgehead atoms. The summed E-state index contributed by atoms with van der Waals surface area (Å²) in [6.07, 6.45) is 0. The number of benzene rings is 2. The lowest BCUT2D eigenvalue weighted by Gasteiger charge is -2.14. The highest BCUT2D eigenvalue weighted by atomic mass is 16.1. The van der Waals surface area contributed by atoms with Crippen LogP contribution in [-0.2, 0) is 0 Å². The fraction of sp³-hybridized carbons (Fsp3) is 0.278. The monoisotopic (exact) mass is 267 g/mol. The number of anilines is 1. The summed E-state index contributed by atoms with van der Waals surface area (Å²) in [6, 6.07) is 9.77. The van der Waals surface area contributed by atoms with E-state index in [-0.39, 0.29) is 5.78 Å². The molecule has 0 aliphatic heterocycles. The van der Waals surface area contributed by atoms with Crippen LogP contribution in [0.25, 0.3) is 0 Å². The van der Waals surface area contributed by atoms with E-state index >= 15 is 0 Å². The number of rotatable bonds is 3. The van der Waals surface area contributed by atoms with E-state index in [0.29, 0.717) is 0 Å². The summed E-state index contributed by atoms with van der Waals surface area (Å²) in [5, 5.41) is 3.06. The van der Waals surface area contributed by atoms with E-state index in [1.165, 1.54) is 11.1 Å². The average molecular weight is 267 g/mol. The quantitative estimate of drug-likeness (QED) is 0.845. The molecule has 1 N–H and O–H groups in total. The lowest BCUT2D eigenvalue weighted by atomic mass is 9.89. The van der Waals surface area contributed by atoms with E-state index in [9.17, 15) is 4.79 Å². The van der Waals surface area contributed by atoms with Crippen LogP contribution in [0.15, 0.2) is 30.3 Å². The summed E-state index contributed by atoms with van der Waals surface area (Å²) in [4.78, 5) is 12.8. The van der Waals surface area contributed by atoms with Gasteiger partial charge in [0, 0.05) is 23.9 Å². The maximum atomic E-state index is 12.8. The molecule has 2 rings (SSSR count). The number of ketones is 1. The third-order valence-corrected chi connectivity index (χ3v) is 4.03. The molecule has 0 fully saturated rings. The van der Waals surface area contributed by atoms with Crippen molar-refractivity contribution in [1.82, 2.24) is 0 Å². The van der Waals surface area contributed by atoms with Crippen LogP contribution in [0, 0.1) is 27.7 Å². The van der Waals surface area contributed by atoms with E-state index in [1.54, 1.807) is 0 Å². The molecular weight excluding hydrogens is 246 g/mol. The van der Waals surface area contributed by atoms with Gasteiger partial charge in [-0.3, -0.25) is 4.79 Å². The standard InChI is InChI=1S/C18H21NO/c1-11-10-12(2)14(4)17(13(11)3)18(20)15-6-8-16(19-5)9-7-15/h6-10,19H,1-5H3. The second-order valence-corrected chi connectivity index (χ2v) is 5.29. The minimum atomic E-state index is 0.106. The Balaban J connectivity index is 2.53. The Labute approximate surface area is 120 Å². The molecule has 2 nitrogen and oxygen atoms in total. The Bertz CT molecular complexity index is 628. The first kappa shape index (κ1) is 14.3. The molecular formula is C18H21NO. The fourth-order valence-corrected chi connectivity index (χ4v) is 2.49. The molecule has 0 heterocycles. The van der Waals surface area contributed by atoms with Gasteiger partial charge in [-0.1, -0.05) is 6.07 Å². The fourth-order valence-electron chi connectivity index (χ4n) is 2.49. The Morgan fingerprint density at radius 1 is 0.900 bits per heavy atom. The molecule has 20 heavy (non-hydrogen) atoms. The first-order valence-electron chi connectivity index (χ1n) is 6.85. The SMILES string of the molecule is CNc1ccc(C(=O)c2c(C)c(C)cc(C)c2C)cc1. The molecule has 0 amide bonds. The van der Waals surface area contributed by atoms with E-state index in [2.05, 4.69) is 25.2 Å². The van der Waals surface area contributed by atoms with Crippen molar-refractivity contribution in [3.05, 3.63) is 63.7 Å². The highest BCUT2D eigenvalue weighted by Gasteiger charge is 2.17. The van der Waals surface area contributed by atoms with Crippen LogP contribution in [0.2, 0.25) is 0 Å². The third-order valence-electron chi connectivity index (χ3n) is 4.03. The average Bonchev–Trinajstić information content (AvgIpc) is 2.45. The van der Waals surface area contributed by atoms with Crippen molar-refractivity contribution in [1.29, 1.82) is 0 Å². The van der Waals surface area contributed by atoms with Gasteiger partial charge in [-0.05, 0) is 74.2 Å². The van der Waals surface area contributed by atoms with Gasteiger partial charge >= 0.3 is 0 Å². The summed E-state index contributed by atoms with van der Waals surface area (Å²) in [5.41, 5.74) is 7.09. The summed E-state index contributed by atoms with van der Waals surface area (Å²) in [7, 11) is 1.87. The van der Waals surface area contributed by atoms with Crippen molar-refractivity contribution in [2.75, 3.05) is 12.4 Å². The van der Waals surface area contributed by atoms with Crippen LogP contribution < -0.4 is 5.32 Å². The summed E-state index contributed by atoms with van der Waals surface area (Å²) in [6.45, 7) is 8.17. The Morgan fingerprint density at radius 2 is 1.40 bits per heavy atom. The number of nitrogens with one attached hydrogen (secondary N) is 1. The number of aryl methyl sites for hydroxylation is 2. The van der Waals surface area contributed by atoms with Gasteiger partial charge in [0.2, 0.25) is 0 Å². The van der Waals surface area contributed by atoms with Gasteiger partial charge < -0.3 is 5.32 Å². The smallest absolute Gasteiger partial charge is 0.193 e. The minimum Gasteiger partial charge on any atom is -0.388 e. The van der Waals surface area contributed by atoms with Gasteiger partial charge in [0.1, 0.15) is 0 Å². The molecule has 0 spiro atoms. The minimum absolute atomic E-state index is 0.106. The first-order chi connectivity index (χ1) is 9.45. The third kappa shape index (κ3) is 2.46. The molecule has 2 heteroatoms. The zero-order valence-electron chi connectivity index (χ0n) is 12.8. The maximum absolute atomic E-state index is 12.8. The molecule has 0 saturated carbocycles. The van der Waals surface area contributed by atoms with E-state index in [4.69, 9.17) is 0 Å². The predicted octanol–water partition coefficient (Wildman–Crippen LogP) is 4.19. The van der Waals surface area contributed by atoms with E-state index in [1.807, 2.05) is 45.2 Å². The largest absolute Gasteiger partial charge is 0.388 e. The van der Waals surface area contributed by atoms with Crippen molar-refractivity contribution >= 4 is 11.5 Å². The van der Waals surface area contributed by atoms with Crippen LogP contribution in [-0.4, -0.2) is 12.8 Å². The first-order valence-corrected chi connectivity index (χ1v) is 6.85. The molecule has 2 aromatic carbocycles. The number of carbonyl (C=O) groups is 1. The predicted molar refractivity (Wildman–Crippen MR) is 84.8 cm³/mol. The van der Waals surface area contributed by atoms with E-state index in [0.717, 1.165) is 27.9 Å². The van der Waals surface area contributed by atoms with Gasteiger partial charge in [-0.15, -0.1) is 0 Å². The normalized spacial score (nSPS) is 10.4. The summed E-state index contributed by atoms with van der Waals surface area (Å²) >= 11 is 0. The van der Waals surface area contributed by atoms with Gasteiger partial charge in [0.05, 0.1) is 0 Å². The topological polar surface area (TPSA) is 29.1 Å². The number of hydrogen-bond donors (Lipinski definition) is 1. The van der Waals surface area contributed by atoms with Crippen molar-refractivity contribution in [2.45, 2.75) is 27.7 Å². The zero-order chi connectivity index (χ0) is 14.9. The van der Waals surface area contributed by atoms with Crippen LogP contribution in [0.5, 0.6) is 0 Å². The molecule has 0 aliphatic rings. The van der Waals surface area contributed by atoms with E-state index < -0.39 is 0 Å². The molecule has 0 aliphatic carbocycles. The van der Waals surface area contributed by atoms with Crippen LogP contribution >= 0.6 is 0 Å². The van der Waals surface area contributed by atoms with Crippen LogP contribution in [0.3, 0.4) is 0 Å². The lowest BCUT2D eigenvalue weighted by molar-refractivity contribution is 0.103. The highest BCUT2D eigenvalue weighted by molar-refractivity contribution is 6.11. The molecule has 0 unspecified atom stereocenters. The van der Waals surface area contributed by atoms with Gasteiger partial charge in [0.15, 0.2) is 5.78 Å². The number of hydrogen-bond acceptors (Lipinski definition) is 2. The summed E-state index contributed by atoms with van der Waals surface area (Å²) in [5.74, 6) is 0.106. The molecule has 0 saturated heterocycles. The molecule has 0 radical (unpaired) electrons. The van der Waals surface area contributed by atoms with Crippen molar-refractivity contribution in [2.24, 2.45) is 0 Å². The molecule has 104 valence electrons.